The summed E-state index contributed by atoms with van der Waals surface area (Å²) >= 11 is 0. The Balaban J connectivity index is 1.90. The molecule has 0 heterocycles. The Labute approximate surface area is 141 Å². The van der Waals surface area contributed by atoms with Crippen molar-refractivity contribution in [2.75, 3.05) is 0 Å². The van der Waals surface area contributed by atoms with E-state index in [0.717, 1.165) is 24.3 Å². The second kappa shape index (κ2) is 9.30. The Hall–Kier alpha value is -1.05. The predicted molar refractivity (Wildman–Crippen MR) is 95.6 cm³/mol. The molecule has 1 unspecified atom stereocenters. The van der Waals surface area contributed by atoms with Gasteiger partial charge in [-0.2, -0.15) is 0 Å². The van der Waals surface area contributed by atoms with Gasteiger partial charge in [0.2, 0.25) is 0 Å². The van der Waals surface area contributed by atoms with Gasteiger partial charge in [0.05, 0.1) is 6.10 Å². The lowest BCUT2D eigenvalue weighted by Crippen LogP contribution is -2.14. The average Bonchev–Trinajstić information content (AvgIpc) is 2.55. The molecule has 0 aromatic heterocycles. The number of benzene rings is 1. The van der Waals surface area contributed by atoms with E-state index in [1.165, 1.54) is 44.9 Å². The minimum atomic E-state index is -0.196. The number of unbranched alkanes of at least 4 members (excludes halogenated alkanes) is 1. The smallest absolute Gasteiger partial charge is 0.165 e. The van der Waals surface area contributed by atoms with Crippen LogP contribution in [0.5, 0.6) is 5.75 Å². The summed E-state index contributed by atoms with van der Waals surface area (Å²) in [6.45, 7) is 6.39. The van der Waals surface area contributed by atoms with Crippen LogP contribution in [0.3, 0.4) is 0 Å². The maximum Gasteiger partial charge on any atom is 0.165 e. The first-order chi connectivity index (χ1) is 11.1. The third kappa shape index (κ3) is 5.51. The van der Waals surface area contributed by atoms with Gasteiger partial charge in [-0.3, -0.25) is 0 Å². The van der Waals surface area contributed by atoms with E-state index in [1.54, 1.807) is 6.07 Å². The van der Waals surface area contributed by atoms with Crippen LogP contribution in [0.15, 0.2) is 18.2 Å². The zero-order valence-electron chi connectivity index (χ0n) is 15.1. The van der Waals surface area contributed by atoms with E-state index in [0.29, 0.717) is 11.7 Å². The first kappa shape index (κ1) is 18.3. The van der Waals surface area contributed by atoms with Crippen LogP contribution in [0.2, 0.25) is 0 Å². The summed E-state index contributed by atoms with van der Waals surface area (Å²) in [6, 6.07) is 5.62. The molecule has 1 aliphatic rings. The van der Waals surface area contributed by atoms with E-state index in [1.807, 2.05) is 13.0 Å². The summed E-state index contributed by atoms with van der Waals surface area (Å²) in [6.07, 6.45) is 11.1. The van der Waals surface area contributed by atoms with Crippen LogP contribution < -0.4 is 4.74 Å². The lowest BCUT2D eigenvalue weighted by atomic mass is 9.77. The van der Waals surface area contributed by atoms with Gasteiger partial charge >= 0.3 is 0 Å². The molecule has 0 aliphatic heterocycles. The molecule has 130 valence electrons. The molecule has 1 atom stereocenters. The fraction of sp³-hybridized carbons (Fsp3) is 0.714. The third-order valence-corrected chi connectivity index (χ3v) is 5.26. The van der Waals surface area contributed by atoms with Gasteiger partial charge in [0.25, 0.3) is 0 Å². The highest BCUT2D eigenvalue weighted by molar-refractivity contribution is 5.31. The van der Waals surface area contributed by atoms with Crippen molar-refractivity contribution < 1.29 is 9.13 Å². The first-order valence-electron chi connectivity index (χ1n) is 9.60. The highest BCUT2D eigenvalue weighted by Crippen LogP contribution is 2.38. The lowest BCUT2D eigenvalue weighted by Gasteiger charge is -2.29. The molecule has 1 nitrogen and oxygen atoms in total. The maximum atomic E-state index is 14.3. The minimum Gasteiger partial charge on any atom is -0.488 e. The van der Waals surface area contributed by atoms with E-state index >= 15 is 0 Å². The fourth-order valence-corrected chi connectivity index (χ4v) is 3.83. The fourth-order valence-electron chi connectivity index (χ4n) is 3.83. The summed E-state index contributed by atoms with van der Waals surface area (Å²) in [4.78, 5) is 0. The lowest BCUT2D eigenvalue weighted by molar-refractivity contribution is 0.200. The van der Waals surface area contributed by atoms with Gasteiger partial charge in [0.15, 0.2) is 11.6 Å². The molecular formula is C21H33FO. The molecule has 2 rings (SSSR count). The molecule has 0 amide bonds. The normalized spacial score (nSPS) is 22.8. The second-order valence-electron chi connectivity index (χ2n) is 7.27. The molecule has 0 N–H and O–H groups in total. The molecule has 2 heteroatoms. The molecule has 0 spiro atoms. The summed E-state index contributed by atoms with van der Waals surface area (Å²) in [5.41, 5.74) is 1.16. The molecule has 1 fully saturated rings. The van der Waals surface area contributed by atoms with Crippen LogP contribution in [-0.4, -0.2) is 6.10 Å². The van der Waals surface area contributed by atoms with Gasteiger partial charge in [0, 0.05) is 0 Å². The van der Waals surface area contributed by atoms with Crippen LogP contribution in [0.25, 0.3) is 0 Å². The highest BCUT2D eigenvalue weighted by Gasteiger charge is 2.23. The highest BCUT2D eigenvalue weighted by atomic mass is 19.1. The Morgan fingerprint density at radius 1 is 1.13 bits per heavy atom. The average molecular weight is 320 g/mol. The SMILES string of the molecule is CCCCC1CCC(c2ccc(OC(C)CCC)c(F)c2)CC1. The van der Waals surface area contributed by atoms with Gasteiger partial charge in [-0.15, -0.1) is 0 Å². The van der Waals surface area contributed by atoms with Crippen molar-refractivity contribution in [2.24, 2.45) is 5.92 Å². The van der Waals surface area contributed by atoms with Crippen molar-refractivity contribution in [3.63, 3.8) is 0 Å². The van der Waals surface area contributed by atoms with E-state index in [9.17, 15) is 4.39 Å². The summed E-state index contributed by atoms with van der Waals surface area (Å²) < 4.78 is 20.0. The maximum absolute atomic E-state index is 14.3. The number of halogens is 1. The zero-order chi connectivity index (χ0) is 16.7. The molecule has 0 saturated heterocycles. The molecule has 1 aromatic carbocycles. The molecule has 0 bridgehead atoms. The molecular weight excluding hydrogens is 287 g/mol. The van der Waals surface area contributed by atoms with Gasteiger partial charge in [-0.25, -0.2) is 4.39 Å². The van der Waals surface area contributed by atoms with Crippen molar-refractivity contribution in [3.05, 3.63) is 29.6 Å². The summed E-state index contributed by atoms with van der Waals surface area (Å²) in [7, 11) is 0. The van der Waals surface area contributed by atoms with Crippen LogP contribution in [-0.2, 0) is 0 Å². The standard InChI is InChI=1S/C21H33FO/c1-4-6-8-17-9-11-18(12-10-17)19-13-14-21(20(22)15-19)23-16(3)7-5-2/h13-18H,4-12H2,1-3H3. The Bertz CT molecular complexity index is 463. The van der Waals surface area contributed by atoms with E-state index in [-0.39, 0.29) is 11.9 Å². The van der Waals surface area contributed by atoms with Gasteiger partial charge in [-0.1, -0.05) is 45.6 Å². The zero-order valence-corrected chi connectivity index (χ0v) is 15.1. The minimum absolute atomic E-state index is 0.0781. The van der Waals surface area contributed by atoms with Gasteiger partial charge in [0.1, 0.15) is 0 Å². The topological polar surface area (TPSA) is 9.23 Å². The van der Waals surface area contributed by atoms with Gasteiger partial charge in [-0.05, 0) is 68.6 Å². The molecule has 23 heavy (non-hydrogen) atoms. The predicted octanol–water partition coefficient (Wildman–Crippen LogP) is 6.86. The van der Waals surface area contributed by atoms with Crippen molar-refractivity contribution in [1.29, 1.82) is 0 Å². The monoisotopic (exact) mass is 320 g/mol. The molecule has 1 aromatic rings. The number of ether oxygens (including phenoxy) is 1. The Kier molecular flexibility index (Phi) is 7.39. The molecule has 1 saturated carbocycles. The molecule has 1 aliphatic carbocycles. The number of rotatable bonds is 8. The van der Waals surface area contributed by atoms with E-state index in [4.69, 9.17) is 4.74 Å². The largest absolute Gasteiger partial charge is 0.488 e. The van der Waals surface area contributed by atoms with Crippen LogP contribution in [0.4, 0.5) is 4.39 Å². The first-order valence-corrected chi connectivity index (χ1v) is 9.60. The summed E-state index contributed by atoms with van der Waals surface area (Å²) in [5, 5.41) is 0. The number of hydrogen-bond acceptors (Lipinski definition) is 1. The molecule has 0 radical (unpaired) electrons. The summed E-state index contributed by atoms with van der Waals surface area (Å²) in [5.74, 6) is 1.64. The Morgan fingerprint density at radius 3 is 2.48 bits per heavy atom. The third-order valence-electron chi connectivity index (χ3n) is 5.26. The van der Waals surface area contributed by atoms with Gasteiger partial charge < -0.3 is 4.74 Å². The van der Waals surface area contributed by atoms with Crippen molar-refractivity contribution in [3.8, 4) is 5.75 Å². The van der Waals surface area contributed by atoms with Crippen molar-refractivity contribution in [2.45, 2.75) is 90.6 Å². The van der Waals surface area contributed by atoms with E-state index in [2.05, 4.69) is 19.9 Å². The Morgan fingerprint density at radius 2 is 1.87 bits per heavy atom. The number of hydrogen-bond donors (Lipinski definition) is 0. The quantitative estimate of drug-likeness (QED) is 0.508. The van der Waals surface area contributed by atoms with Crippen molar-refractivity contribution in [1.82, 2.24) is 0 Å². The van der Waals surface area contributed by atoms with Crippen LogP contribution in [0.1, 0.15) is 90.0 Å². The van der Waals surface area contributed by atoms with Crippen LogP contribution >= 0.6 is 0 Å². The second-order valence-corrected chi connectivity index (χ2v) is 7.27. The van der Waals surface area contributed by atoms with E-state index < -0.39 is 0 Å². The van der Waals surface area contributed by atoms with Crippen molar-refractivity contribution >= 4 is 0 Å². The van der Waals surface area contributed by atoms with Crippen LogP contribution in [0, 0.1) is 11.7 Å².